The molecule has 3 fully saturated rings. The predicted octanol–water partition coefficient (Wildman–Crippen LogP) is 5.08. The van der Waals surface area contributed by atoms with Gasteiger partial charge in [0.2, 0.25) is 0 Å². The molecule has 0 radical (unpaired) electrons. The van der Waals surface area contributed by atoms with Gasteiger partial charge in [-0.1, -0.05) is 24.3 Å². The van der Waals surface area contributed by atoms with E-state index in [9.17, 15) is 14.7 Å². The van der Waals surface area contributed by atoms with Crippen molar-refractivity contribution >= 4 is 33.6 Å². The zero-order valence-corrected chi connectivity index (χ0v) is 21.0. The number of H-pyrrole nitrogens is 2. The van der Waals surface area contributed by atoms with Crippen molar-refractivity contribution in [2.75, 3.05) is 25.0 Å². The molecular weight excluding hydrogens is 497 g/mol. The Hall–Kier alpha value is -4.50. The summed E-state index contributed by atoms with van der Waals surface area (Å²) in [7, 11) is 0. The summed E-state index contributed by atoms with van der Waals surface area (Å²) in [6, 6.07) is 16.9. The molecule has 0 amide bonds. The molecule has 0 aliphatic carbocycles. The molecule has 2 bridgehead atoms. The second-order valence-electron chi connectivity index (χ2n) is 10.5. The summed E-state index contributed by atoms with van der Waals surface area (Å²) in [6.07, 6.45) is 2.17. The van der Waals surface area contributed by atoms with Gasteiger partial charge in [0.25, 0.3) is 5.56 Å². The van der Waals surface area contributed by atoms with E-state index in [0.717, 1.165) is 43.5 Å². The third-order valence-electron chi connectivity index (χ3n) is 8.13. The number of rotatable bonds is 5. The maximum absolute atomic E-state index is 15.4. The molecule has 5 heterocycles. The topological polar surface area (TPSA) is 114 Å². The fourth-order valence-corrected chi connectivity index (χ4v) is 6.12. The average molecular weight is 524 g/mol. The van der Waals surface area contributed by atoms with Crippen molar-refractivity contribution in [3.05, 3.63) is 82.4 Å². The number of hydrogen-bond donors (Lipinski definition) is 4. The summed E-state index contributed by atoms with van der Waals surface area (Å²) in [5.74, 6) is -0.730. The van der Waals surface area contributed by atoms with Gasteiger partial charge in [0.1, 0.15) is 17.2 Å². The Kier molecular flexibility index (Phi) is 5.48. The van der Waals surface area contributed by atoms with Crippen LogP contribution in [-0.4, -0.2) is 56.6 Å². The summed E-state index contributed by atoms with van der Waals surface area (Å²) in [5.41, 5.74) is 3.28. The van der Waals surface area contributed by atoms with Gasteiger partial charge in [-0.3, -0.25) is 4.79 Å². The molecule has 1 atom stereocenters. The number of carbonyl (C=O) groups is 1. The van der Waals surface area contributed by atoms with E-state index >= 15 is 4.39 Å². The molecule has 3 saturated heterocycles. The molecule has 3 aliphatic rings. The second kappa shape index (κ2) is 9.06. The Morgan fingerprint density at radius 3 is 2.59 bits per heavy atom. The number of carboxylic acid groups (broad SMARTS) is 1. The number of halogens is 1. The fourth-order valence-electron chi connectivity index (χ4n) is 6.12. The minimum absolute atomic E-state index is 0.0714. The number of anilines is 1. The van der Waals surface area contributed by atoms with Gasteiger partial charge in [-0.05, 0) is 73.8 Å². The van der Waals surface area contributed by atoms with Crippen molar-refractivity contribution in [2.24, 2.45) is 5.92 Å². The molecular formula is C30H26FN5O3. The first-order chi connectivity index (χ1) is 18.9. The number of aromatic amines is 2. The van der Waals surface area contributed by atoms with Crippen LogP contribution in [0.4, 0.5) is 10.1 Å². The van der Waals surface area contributed by atoms with Gasteiger partial charge in [-0.15, -0.1) is 0 Å². The molecule has 3 aliphatic heterocycles. The zero-order chi connectivity index (χ0) is 26.7. The maximum atomic E-state index is 15.4. The summed E-state index contributed by atoms with van der Waals surface area (Å²) >= 11 is 0. The Bertz CT molecular complexity index is 1790. The van der Waals surface area contributed by atoms with Crippen LogP contribution < -0.4 is 10.9 Å². The number of nitrogens with zero attached hydrogens (tertiary/aromatic N) is 2. The number of fused-ring (bicyclic) bond motifs is 5. The standard InChI is InChI=1S/C30H26FN5O3/c31-21-14-24-20(13-19(21)17-4-3-5-18(12-17)30(38)39)27(32-25-15-36-10-8-16(25)9-11-36)26(29(37)35-24)28-33-22-6-1-2-7-23(22)34-28/h1-7,12-14,16,25H,8-11,15H2,(H,33,34)(H,38,39)(H2,32,35,37)/t25-/m0/s1. The Labute approximate surface area is 222 Å². The van der Waals surface area contributed by atoms with Crippen LogP contribution >= 0.6 is 0 Å². The smallest absolute Gasteiger partial charge is 0.335 e. The number of benzene rings is 3. The molecule has 8 rings (SSSR count). The molecule has 9 heteroatoms. The first kappa shape index (κ1) is 23.6. The lowest BCUT2D eigenvalue weighted by Crippen LogP contribution is -2.53. The largest absolute Gasteiger partial charge is 0.478 e. The average Bonchev–Trinajstić information content (AvgIpc) is 3.37. The van der Waals surface area contributed by atoms with E-state index in [-0.39, 0.29) is 22.7 Å². The summed E-state index contributed by atoms with van der Waals surface area (Å²) in [5, 5.41) is 13.8. The molecule has 39 heavy (non-hydrogen) atoms. The number of imidazole rings is 1. The van der Waals surface area contributed by atoms with E-state index in [2.05, 4.69) is 20.2 Å². The number of carboxylic acids is 1. The van der Waals surface area contributed by atoms with Crippen molar-refractivity contribution < 1.29 is 14.3 Å². The summed E-state index contributed by atoms with van der Waals surface area (Å²) in [4.78, 5) is 38.4. The number of aromatic carboxylic acids is 1. The van der Waals surface area contributed by atoms with Crippen LogP contribution in [0.2, 0.25) is 0 Å². The van der Waals surface area contributed by atoms with Crippen molar-refractivity contribution in [3.8, 4) is 22.5 Å². The SMILES string of the molecule is O=C(O)c1cccc(-c2cc3c(N[C@H]4CN5CCC4CC5)c(-c4nc5ccccc5[nH]4)c(=O)[nH]c3cc2F)c1. The molecule has 5 aromatic rings. The lowest BCUT2D eigenvalue weighted by molar-refractivity contribution is 0.0697. The van der Waals surface area contributed by atoms with Crippen LogP contribution in [0.25, 0.3) is 44.5 Å². The first-order valence-electron chi connectivity index (χ1n) is 13.1. The molecule has 8 nitrogen and oxygen atoms in total. The van der Waals surface area contributed by atoms with Gasteiger partial charge in [-0.2, -0.15) is 0 Å². The van der Waals surface area contributed by atoms with Crippen LogP contribution in [0, 0.1) is 11.7 Å². The third-order valence-corrected chi connectivity index (χ3v) is 8.13. The van der Waals surface area contributed by atoms with Crippen molar-refractivity contribution in [1.82, 2.24) is 19.9 Å². The Morgan fingerprint density at radius 1 is 1.03 bits per heavy atom. The van der Waals surface area contributed by atoms with Crippen LogP contribution in [0.3, 0.4) is 0 Å². The quantitative estimate of drug-likeness (QED) is 0.255. The molecule has 0 saturated carbocycles. The highest BCUT2D eigenvalue weighted by Gasteiger charge is 2.35. The minimum atomic E-state index is -1.08. The third kappa shape index (κ3) is 4.06. The number of nitrogens with one attached hydrogen (secondary N) is 3. The van der Waals surface area contributed by atoms with Crippen molar-refractivity contribution in [3.63, 3.8) is 0 Å². The lowest BCUT2D eigenvalue weighted by Gasteiger charge is -2.45. The molecule has 0 spiro atoms. The number of pyridine rings is 1. The van der Waals surface area contributed by atoms with Gasteiger partial charge in [0.05, 0.1) is 27.8 Å². The van der Waals surface area contributed by atoms with Gasteiger partial charge < -0.3 is 25.3 Å². The van der Waals surface area contributed by atoms with E-state index in [1.54, 1.807) is 18.2 Å². The number of hydrogen-bond acceptors (Lipinski definition) is 5. The monoisotopic (exact) mass is 523 g/mol. The van der Waals surface area contributed by atoms with Crippen LogP contribution in [0.5, 0.6) is 0 Å². The van der Waals surface area contributed by atoms with E-state index in [4.69, 9.17) is 4.98 Å². The van der Waals surface area contributed by atoms with Crippen molar-refractivity contribution in [1.29, 1.82) is 0 Å². The fraction of sp³-hybridized carbons (Fsp3) is 0.233. The van der Waals surface area contributed by atoms with E-state index in [0.29, 0.717) is 39.5 Å². The van der Waals surface area contributed by atoms with E-state index < -0.39 is 11.8 Å². The molecule has 3 aromatic carbocycles. The highest BCUT2D eigenvalue weighted by Crippen LogP contribution is 2.38. The Balaban J connectivity index is 1.46. The Morgan fingerprint density at radius 2 is 1.85 bits per heavy atom. The lowest BCUT2D eigenvalue weighted by atomic mass is 9.83. The minimum Gasteiger partial charge on any atom is -0.478 e. The molecule has 0 unspecified atom stereocenters. The van der Waals surface area contributed by atoms with E-state index in [1.165, 1.54) is 18.2 Å². The molecule has 2 aromatic heterocycles. The van der Waals surface area contributed by atoms with Gasteiger partial charge in [0.15, 0.2) is 0 Å². The van der Waals surface area contributed by atoms with Crippen LogP contribution in [0.15, 0.2) is 65.5 Å². The van der Waals surface area contributed by atoms with Gasteiger partial charge >= 0.3 is 5.97 Å². The molecule has 4 N–H and O–H groups in total. The van der Waals surface area contributed by atoms with Crippen molar-refractivity contribution in [2.45, 2.75) is 18.9 Å². The predicted molar refractivity (Wildman–Crippen MR) is 149 cm³/mol. The molecule has 196 valence electrons. The summed E-state index contributed by atoms with van der Waals surface area (Å²) in [6.45, 7) is 3.02. The number of aromatic nitrogens is 3. The number of para-hydroxylation sites is 2. The first-order valence-corrected chi connectivity index (χ1v) is 13.1. The van der Waals surface area contributed by atoms with Crippen LogP contribution in [-0.2, 0) is 0 Å². The zero-order valence-electron chi connectivity index (χ0n) is 21.0. The van der Waals surface area contributed by atoms with Gasteiger partial charge in [-0.25, -0.2) is 14.2 Å². The maximum Gasteiger partial charge on any atom is 0.335 e. The highest BCUT2D eigenvalue weighted by molar-refractivity contribution is 6.01. The summed E-state index contributed by atoms with van der Waals surface area (Å²) < 4.78 is 15.4. The normalized spacial score (nSPS) is 20.5. The van der Waals surface area contributed by atoms with E-state index in [1.807, 2.05) is 24.3 Å². The van der Waals surface area contributed by atoms with Crippen LogP contribution in [0.1, 0.15) is 23.2 Å². The van der Waals surface area contributed by atoms with Gasteiger partial charge in [0, 0.05) is 23.5 Å². The second-order valence-corrected chi connectivity index (χ2v) is 10.5. The highest BCUT2D eigenvalue weighted by atomic mass is 19.1. The number of piperidine rings is 3.